The van der Waals surface area contributed by atoms with E-state index in [1.807, 2.05) is 0 Å². The summed E-state index contributed by atoms with van der Waals surface area (Å²) in [4.78, 5) is 29.3. The van der Waals surface area contributed by atoms with E-state index in [1.54, 1.807) is 0 Å². The van der Waals surface area contributed by atoms with Crippen LogP contribution >= 0.6 is 0 Å². The fourth-order valence-electron chi connectivity index (χ4n) is 4.16. The largest absolute Gasteiger partial charge is 2.00 e. The molecule has 0 saturated heterocycles. The number of quaternary nitrogens is 1. The summed E-state index contributed by atoms with van der Waals surface area (Å²) >= 11 is 0. The van der Waals surface area contributed by atoms with Crippen molar-refractivity contribution in [1.82, 2.24) is 0 Å². The molecule has 0 spiro atoms. The van der Waals surface area contributed by atoms with Crippen LogP contribution in [0.25, 0.3) is 0 Å². The van der Waals surface area contributed by atoms with Crippen molar-refractivity contribution in [3.8, 4) is 0 Å². The van der Waals surface area contributed by atoms with Gasteiger partial charge in [0.25, 0.3) is 0 Å². The molecule has 0 aliphatic rings. The van der Waals surface area contributed by atoms with E-state index in [-0.39, 0.29) is 77.2 Å². The third-order valence-electron chi connectivity index (χ3n) is 6.15. The first-order valence-corrected chi connectivity index (χ1v) is 15.2. The van der Waals surface area contributed by atoms with Gasteiger partial charge >= 0.3 is 80.5 Å². The third kappa shape index (κ3) is 44.4. The van der Waals surface area contributed by atoms with Gasteiger partial charge in [-0.3, -0.25) is 0 Å². The topological polar surface area (TPSA) is 80.9 Å². The number of nitrogens with zero attached hydrogens (tertiary/aromatic N) is 1. The van der Waals surface area contributed by atoms with Crippen LogP contribution in [0, 0.1) is 0 Å². The molecule has 0 radical (unpaired) electrons. The van der Waals surface area contributed by atoms with Crippen molar-refractivity contribution in [2.75, 3.05) is 26.7 Å². The molecule has 198 valence electrons. The second-order valence-electron chi connectivity index (χ2n) is 9.69. The SMILES string of the molecule is CCCCCCCC[N+](C)(CCCCCCCC)CCCCCCCC.O[Si](O)(O)O.[H-].[H-].[H-].[H-].[Li+].[Mg+2].[Na+]. The van der Waals surface area contributed by atoms with E-state index in [4.69, 9.17) is 19.2 Å². The second kappa shape index (κ2) is 33.4. The Hall–Kier alpha value is 2.38. The van der Waals surface area contributed by atoms with Crippen molar-refractivity contribution < 1.29 is 77.8 Å². The summed E-state index contributed by atoms with van der Waals surface area (Å²) in [5.74, 6) is 0. The average Bonchev–Trinajstić information content (AvgIpc) is 2.69. The van der Waals surface area contributed by atoms with Gasteiger partial charge in [0, 0.05) is 0 Å². The summed E-state index contributed by atoms with van der Waals surface area (Å²) in [5.41, 5.74) is 0. The molecule has 0 fully saturated rings. The maximum absolute atomic E-state index is 7.33. The zero-order chi connectivity index (χ0) is 23.8. The predicted octanol–water partition coefficient (Wildman–Crippen LogP) is -0.0171. The molecule has 0 aromatic carbocycles. The average molecular weight is 523 g/mol. The molecule has 0 heterocycles. The van der Waals surface area contributed by atoms with Gasteiger partial charge in [-0.05, 0) is 38.5 Å². The maximum Gasteiger partial charge on any atom is 2.00 e. The van der Waals surface area contributed by atoms with Gasteiger partial charge in [-0.1, -0.05) is 97.8 Å². The molecule has 0 aliphatic heterocycles. The van der Waals surface area contributed by atoms with E-state index in [9.17, 15) is 0 Å². The zero-order valence-corrected chi connectivity index (χ0v) is 28.7. The first-order chi connectivity index (χ1) is 14.7. The molecular weight excluding hydrogens is 461 g/mol. The molecule has 0 bridgehead atoms. The minimum atomic E-state index is -4.61. The number of unbranched alkanes of at least 4 members (excludes halogenated alkanes) is 15. The van der Waals surface area contributed by atoms with E-state index in [0.717, 1.165) is 0 Å². The van der Waals surface area contributed by atoms with Crippen LogP contribution in [0.3, 0.4) is 0 Å². The molecule has 0 aromatic heterocycles. The van der Waals surface area contributed by atoms with Gasteiger partial charge in [-0.15, -0.1) is 0 Å². The fourth-order valence-corrected chi connectivity index (χ4v) is 4.16. The van der Waals surface area contributed by atoms with Gasteiger partial charge in [-0.2, -0.15) is 0 Å². The van der Waals surface area contributed by atoms with Crippen LogP contribution in [-0.4, -0.2) is 82.4 Å². The van der Waals surface area contributed by atoms with Crippen molar-refractivity contribution in [3.63, 3.8) is 0 Å². The molecule has 34 heavy (non-hydrogen) atoms. The number of hydrogen-bond acceptors (Lipinski definition) is 4. The van der Waals surface area contributed by atoms with E-state index in [0.29, 0.717) is 0 Å². The van der Waals surface area contributed by atoms with Crippen molar-refractivity contribution in [1.29, 1.82) is 0 Å². The Bertz CT molecular complexity index is 342. The van der Waals surface area contributed by atoms with Crippen molar-refractivity contribution >= 4 is 32.1 Å². The van der Waals surface area contributed by atoms with Gasteiger partial charge in [0.2, 0.25) is 0 Å². The molecule has 0 atom stereocenters. The Balaban J connectivity index is -0.0000000913. The predicted molar refractivity (Wildman–Crippen MR) is 146 cm³/mol. The van der Waals surface area contributed by atoms with Crippen LogP contribution in [0.1, 0.15) is 142 Å². The van der Waals surface area contributed by atoms with Crippen molar-refractivity contribution in [2.24, 2.45) is 0 Å². The fraction of sp³-hybridized carbons (Fsp3) is 1.00. The monoisotopic (exact) mass is 522 g/mol. The zero-order valence-electron chi connectivity index (χ0n) is 28.3. The van der Waals surface area contributed by atoms with E-state index >= 15 is 0 Å². The van der Waals surface area contributed by atoms with Crippen LogP contribution in [0.5, 0.6) is 0 Å². The Labute approximate surface area is 270 Å². The Morgan fingerprint density at radius 1 is 0.500 bits per heavy atom. The van der Waals surface area contributed by atoms with Gasteiger partial charge in [0.15, 0.2) is 0 Å². The second-order valence-corrected chi connectivity index (χ2v) is 10.9. The van der Waals surface area contributed by atoms with Crippen LogP contribution in [-0.2, 0) is 0 Å². The minimum absolute atomic E-state index is 0. The standard InChI is InChI=1S/C25H54N.Li.Mg.Na.H4O4Si.4H/c1-5-8-11-14-17-20-23-26(4,24-21-18-15-12-9-6-2)25-22-19-16-13-10-7-3;;;;1-5(2,3)4;;;;/h5-25H2,1-4H3;;;;1-4H;;;;/q2*+1;+2;+1;;4*-1. The normalized spacial score (nSPS) is 10.9. The Kier molecular flexibility index (Phi) is 45.4. The molecular formula is C25H62LiMgNNaO4Si+. The van der Waals surface area contributed by atoms with E-state index < -0.39 is 9.05 Å². The molecule has 0 unspecified atom stereocenters. The smallest absolute Gasteiger partial charge is 1.00 e. The van der Waals surface area contributed by atoms with Crippen LogP contribution in [0.15, 0.2) is 0 Å². The molecule has 4 N–H and O–H groups in total. The minimum Gasteiger partial charge on any atom is -1.00 e. The Morgan fingerprint density at radius 2 is 0.676 bits per heavy atom. The summed E-state index contributed by atoms with van der Waals surface area (Å²) in [6, 6.07) is 0. The quantitative estimate of drug-likeness (QED) is 0.0970. The van der Waals surface area contributed by atoms with Crippen molar-refractivity contribution in [3.05, 3.63) is 0 Å². The summed E-state index contributed by atoms with van der Waals surface area (Å²) in [6.07, 6.45) is 25.9. The third-order valence-corrected chi connectivity index (χ3v) is 6.15. The van der Waals surface area contributed by atoms with Gasteiger partial charge < -0.3 is 29.4 Å². The molecule has 5 nitrogen and oxygen atoms in total. The van der Waals surface area contributed by atoms with E-state index in [2.05, 4.69) is 27.8 Å². The van der Waals surface area contributed by atoms with Gasteiger partial charge in [0.05, 0.1) is 26.7 Å². The maximum atomic E-state index is 7.33. The molecule has 9 heteroatoms. The summed E-state index contributed by atoms with van der Waals surface area (Å²) in [6.45, 7) is 11.2. The summed E-state index contributed by atoms with van der Waals surface area (Å²) in [5, 5.41) is 0. The molecule has 0 aliphatic carbocycles. The molecule has 0 aromatic rings. The van der Waals surface area contributed by atoms with Crippen LogP contribution in [0.4, 0.5) is 0 Å². The van der Waals surface area contributed by atoms with Gasteiger partial charge in [-0.25, -0.2) is 0 Å². The molecule has 0 saturated carbocycles. The van der Waals surface area contributed by atoms with Crippen molar-refractivity contribution in [2.45, 2.75) is 136 Å². The summed E-state index contributed by atoms with van der Waals surface area (Å²) < 4.78 is 1.36. The molecule has 0 rings (SSSR count). The van der Waals surface area contributed by atoms with E-state index in [1.165, 1.54) is 140 Å². The number of hydrogen-bond donors (Lipinski definition) is 4. The first kappa shape index (κ1) is 46.2. The summed E-state index contributed by atoms with van der Waals surface area (Å²) in [7, 11) is -2.05. The van der Waals surface area contributed by atoms with Crippen LogP contribution < -0.4 is 48.4 Å². The number of rotatable bonds is 21. The molecule has 0 amide bonds. The Morgan fingerprint density at radius 3 is 0.882 bits per heavy atom. The van der Waals surface area contributed by atoms with Gasteiger partial charge in [0.1, 0.15) is 0 Å². The van der Waals surface area contributed by atoms with Crippen LogP contribution in [0.2, 0.25) is 0 Å². The first-order valence-electron chi connectivity index (χ1n) is 13.4.